The molecule has 1 aliphatic carbocycles. The first-order chi connectivity index (χ1) is 12.8. The van der Waals surface area contributed by atoms with Crippen molar-refractivity contribution in [2.75, 3.05) is 18.5 Å². The van der Waals surface area contributed by atoms with Crippen LogP contribution in [0.5, 0.6) is 0 Å². The molecule has 0 aromatic heterocycles. The largest absolute Gasteiger partial charge is 0.375 e. The molecule has 0 amide bonds. The zero-order valence-corrected chi connectivity index (χ0v) is 15.0. The zero-order valence-electron chi connectivity index (χ0n) is 15.0. The van der Waals surface area contributed by atoms with E-state index >= 15 is 0 Å². The molecule has 2 heteroatoms. The maximum atomic E-state index is 10.2. The summed E-state index contributed by atoms with van der Waals surface area (Å²) in [4.78, 5) is 2.26. The lowest BCUT2D eigenvalue weighted by Crippen LogP contribution is -2.26. The first-order valence-corrected chi connectivity index (χ1v) is 9.13. The minimum Gasteiger partial charge on any atom is -0.375 e. The average Bonchev–Trinajstić information content (AvgIpc) is 2.99. The highest BCUT2D eigenvalue weighted by Crippen LogP contribution is 2.50. The Labute approximate surface area is 155 Å². The normalized spacial score (nSPS) is 13.5. The van der Waals surface area contributed by atoms with Gasteiger partial charge in [-0.05, 0) is 47.2 Å². The number of hydrogen-bond acceptors (Lipinski definition) is 2. The summed E-state index contributed by atoms with van der Waals surface area (Å²) in [6, 6.07) is 29.8. The molecule has 2 nitrogen and oxygen atoms in total. The molecule has 128 valence electrons. The molecule has 4 rings (SSSR count). The van der Waals surface area contributed by atoms with E-state index < -0.39 is 5.41 Å². The molecule has 0 saturated carbocycles. The molecule has 0 fully saturated rings. The van der Waals surface area contributed by atoms with E-state index in [0.717, 1.165) is 30.5 Å². The molecule has 0 saturated heterocycles. The Morgan fingerprint density at radius 1 is 0.808 bits per heavy atom. The summed E-state index contributed by atoms with van der Waals surface area (Å²) < 4.78 is 0. The number of para-hydroxylation sites is 1. The molecule has 0 radical (unpaired) electrons. The second kappa shape index (κ2) is 6.69. The minimum absolute atomic E-state index is 0.537. The Bertz CT molecular complexity index is 908. The van der Waals surface area contributed by atoms with Crippen LogP contribution < -0.4 is 4.90 Å². The van der Waals surface area contributed by atoms with Crippen molar-refractivity contribution in [2.24, 2.45) is 0 Å². The van der Waals surface area contributed by atoms with Crippen LogP contribution in [0.3, 0.4) is 0 Å². The Morgan fingerprint density at radius 3 is 1.92 bits per heavy atom. The SMILES string of the molecule is CN(CCCC1(C#N)c2ccccc2-c2ccccc21)c1ccccc1. The number of hydrogen-bond donors (Lipinski definition) is 0. The van der Waals surface area contributed by atoms with Crippen LogP contribution in [0.1, 0.15) is 24.0 Å². The number of rotatable bonds is 5. The summed E-state index contributed by atoms with van der Waals surface area (Å²) in [6.45, 7) is 0.928. The first kappa shape index (κ1) is 16.4. The van der Waals surface area contributed by atoms with Crippen molar-refractivity contribution in [3.63, 3.8) is 0 Å². The Morgan fingerprint density at radius 2 is 1.35 bits per heavy atom. The standard InChI is InChI=1S/C24H22N2/c1-26(19-10-3-2-4-11-19)17-9-16-24(18-25)22-14-7-5-12-20(22)21-13-6-8-15-23(21)24/h2-8,10-15H,9,16-17H2,1H3. The number of nitrogens with zero attached hydrogens (tertiary/aromatic N) is 2. The maximum absolute atomic E-state index is 10.2. The second-order valence-electron chi connectivity index (χ2n) is 6.97. The monoisotopic (exact) mass is 338 g/mol. The van der Waals surface area contributed by atoms with Crippen molar-refractivity contribution in [3.05, 3.63) is 90.0 Å². The van der Waals surface area contributed by atoms with Crippen molar-refractivity contribution >= 4 is 5.69 Å². The van der Waals surface area contributed by atoms with E-state index in [4.69, 9.17) is 0 Å². The first-order valence-electron chi connectivity index (χ1n) is 9.13. The molecule has 0 atom stereocenters. The van der Waals surface area contributed by atoms with Crippen LogP contribution in [0.15, 0.2) is 78.9 Å². The fourth-order valence-corrected chi connectivity index (χ4v) is 4.16. The van der Waals surface area contributed by atoms with Crippen molar-refractivity contribution in [1.29, 1.82) is 5.26 Å². The smallest absolute Gasteiger partial charge is 0.108 e. The van der Waals surface area contributed by atoms with E-state index in [1.165, 1.54) is 16.8 Å². The quantitative estimate of drug-likeness (QED) is 0.623. The van der Waals surface area contributed by atoms with Crippen LogP contribution in [0, 0.1) is 11.3 Å². The molecule has 0 aliphatic heterocycles. The van der Waals surface area contributed by atoms with E-state index in [0.29, 0.717) is 0 Å². The third-order valence-corrected chi connectivity index (χ3v) is 5.50. The van der Waals surface area contributed by atoms with Gasteiger partial charge < -0.3 is 4.90 Å². The summed E-state index contributed by atoms with van der Waals surface area (Å²) in [7, 11) is 2.12. The highest BCUT2D eigenvalue weighted by Gasteiger charge is 2.42. The van der Waals surface area contributed by atoms with Gasteiger partial charge >= 0.3 is 0 Å². The van der Waals surface area contributed by atoms with Gasteiger partial charge in [0.25, 0.3) is 0 Å². The predicted molar refractivity (Wildman–Crippen MR) is 107 cm³/mol. The van der Waals surface area contributed by atoms with Crippen LogP contribution in [-0.2, 0) is 5.41 Å². The summed E-state index contributed by atoms with van der Waals surface area (Å²) in [5, 5.41) is 10.2. The van der Waals surface area contributed by atoms with Gasteiger partial charge in [-0.2, -0.15) is 5.26 Å². The lowest BCUT2D eigenvalue weighted by molar-refractivity contribution is 0.572. The summed E-state index contributed by atoms with van der Waals surface area (Å²) >= 11 is 0. The van der Waals surface area contributed by atoms with Crippen molar-refractivity contribution in [3.8, 4) is 17.2 Å². The van der Waals surface area contributed by atoms with Gasteiger partial charge in [-0.25, -0.2) is 0 Å². The predicted octanol–water partition coefficient (Wildman–Crippen LogP) is 5.39. The van der Waals surface area contributed by atoms with E-state index in [1.54, 1.807) is 0 Å². The van der Waals surface area contributed by atoms with Gasteiger partial charge in [-0.1, -0.05) is 66.7 Å². The van der Waals surface area contributed by atoms with Gasteiger partial charge in [0.15, 0.2) is 0 Å². The topological polar surface area (TPSA) is 27.0 Å². The molecule has 0 bridgehead atoms. The van der Waals surface area contributed by atoms with Crippen LogP contribution in [0.25, 0.3) is 11.1 Å². The third kappa shape index (κ3) is 2.57. The Balaban J connectivity index is 1.61. The molecule has 1 aliphatic rings. The minimum atomic E-state index is -0.537. The Hall–Kier alpha value is -3.05. The van der Waals surface area contributed by atoms with Gasteiger partial charge in [-0.15, -0.1) is 0 Å². The van der Waals surface area contributed by atoms with E-state index in [9.17, 15) is 5.26 Å². The molecular formula is C24H22N2. The maximum Gasteiger partial charge on any atom is 0.108 e. The van der Waals surface area contributed by atoms with Crippen LogP contribution in [0.2, 0.25) is 0 Å². The van der Waals surface area contributed by atoms with Crippen LogP contribution >= 0.6 is 0 Å². The molecule has 0 heterocycles. The van der Waals surface area contributed by atoms with E-state index in [2.05, 4.69) is 78.7 Å². The van der Waals surface area contributed by atoms with Crippen LogP contribution in [0.4, 0.5) is 5.69 Å². The lowest BCUT2D eigenvalue weighted by atomic mass is 9.76. The highest BCUT2D eigenvalue weighted by atomic mass is 15.1. The van der Waals surface area contributed by atoms with E-state index in [1.807, 2.05) is 18.2 Å². The Kier molecular flexibility index (Phi) is 4.22. The van der Waals surface area contributed by atoms with Gasteiger partial charge in [-0.3, -0.25) is 0 Å². The van der Waals surface area contributed by atoms with Crippen molar-refractivity contribution < 1.29 is 0 Å². The summed E-state index contributed by atoms with van der Waals surface area (Å²) in [5.74, 6) is 0. The third-order valence-electron chi connectivity index (χ3n) is 5.50. The molecule has 0 N–H and O–H groups in total. The zero-order chi connectivity index (χ0) is 18.0. The summed E-state index contributed by atoms with van der Waals surface area (Å²) in [6.07, 6.45) is 1.79. The molecule has 26 heavy (non-hydrogen) atoms. The number of anilines is 1. The molecule has 3 aromatic carbocycles. The fraction of sp³-hybridized carbons (Fsp3) is 0.208. The number of fused-ring (bicyclic) bond motifs is 3. The van der Waals surface area contributed by atoms with Gasteiger partial charge in [0, 0.05) is 19.3 Å². The molecule has 3 aromatic rings. The molecule has 0 spiro atoms. The lowest BCUT2D eigenvalue weighted by Gasteiger charge is -2.26. The summed E-state index contributed by atoms with van der Waals surface area (Å²) in [5.41, 5.74) is 5.41. The van der Waals surface area contributed by atoms with Gasteiger partial charge in [0.1, 0.15) is 5.41 Å². The van der Waals surface area contributed by atoms with E-state index in [-0.39, 0.29) is 0 Å². The molecular weight excluding hydrogens is 316 g/mol. The van der Waals surface area contributed by atoms with Crippen molar-refractivity contribution in [1.82, 2.24) is 0 Å². The van der Waals surface area contributed by atoms with Crippen LogP contribution in [-0.4, -0.2) is 13.6 Å². The molecule has 0 unspecified atom stereocenters. The highest BCUT2D eigenvalue weighted by molar-refractivity contribution is 5.82. The average molecular weight is 338 g/mol. The second-order valence-corrected chi connectivity index (χ2v) is 6.97. The number of benzene rings is 3. The number of nitriles is 1. The fourth-order valence-electron chi connectivity index (χ4n) is 4.16. The van der Waals surface area contributed by atoms with Gasteiger partial charge in [0.05, 0.1) is 6.07 Å². The van der Waals surface area contributed by atoms with Crippen molar-refractivity contribution in [2.45, 2.75) is 18.3 Å². The van der Waals surface area contributed by atoms with Gasteiger partial charge in [0.2, 0.25) is 0 Å².